The van der Waals surface area contributed by atoms with Gasteiger partial charge in [0.2, 0.25) is 0 Å². The fourth-order valence-corrected chi connectivity index (χ4v) is 8.47. The molecule has 2 aliphatic heterocycles. The van der Waals surface area contributed by atoms with Crippen LogP contribution in [0.1, 0.15) is 86.7 Å². The first kappa shape index (κ1) is 36.1. The summed E-state index contributed by atoms with van der Waals surface area (Å²) in [4.78, 5) is 17.9. The van der Waals surface area contributed by atoms with Gasteiger partial charge in [-0.3, -0.25) is 9.52 Å². The minimum Gasteiger partial charge on any atom is -0.491 e. The number of nitrogens with zero attached hydrogens (tertiary/aromatic N) is 2. The van der Waals surface area contributed by atoms with Crippen LogP contribution in [0.3, 0.4) is 0 Å². The zero-order chi connectivity index (χ0) is 33.5. The fourth-order valence-electron chi connectivity index (χ4n) is 7.18. The average molecular weight is 688 g/mol. The molecule has 1 saturated carbocycles. The third kappa shape index (κ3) is 9.50. The van der Waals surface area contributed by atoms with E-state index < -0.39 is 11.0 Å². The molecular weight excluding hydrogens is 634 g/mol. The minimum atomic E-state index is -1.43. The summed E-state index contributed by atoms with van der Waals surface area (Å²) in [5, 5.41) is 0.755. The first-order chi connectivity index (χ1) is 22.6. The summed E-state index contributed by atoms with van der Waals surface area (Å²) in [5.74, 6) is 2.32. The maximum atomic E-state index is 13.3. The van der Waals surface area contributed by atoms with Crippen molar-refractivity contribution in [2.45, 2.75) is 84.0 Å². The van der Waals surface area contributed by atoms with Crippen molar-refractivity contribution in [1.82, 2.24) is 9.62 Å². The number of hydrogen-bond donors (Lipinski definition) is 1. The Labute approximate surface area is 289 Å². The van der Waals surface area contributed by atoms with Crippen molar-refractivity contribution >= 4 is 34.2 Å². The summed E-state index contributed by atoms with van der Waals surface area (Å²) in [6, 6.07) is 12.2. The largest absolute Gasteiger partial charge is 0.491 e. The lowest BCUT2D eigenvalue weighted by molar-refractivity contribution is -0.212. The van der Waals surface area contributed by atoms with Crippen molar-refractivity contribution in [3.8, 4) is 5.75 Å². The number of carbonyl (C=O) groups excluding carboxylic acids is 1. The number of amides is 1. The molecule has 1 N–H and O–H groups in total. The van der Waals surface area contributed by atoms with Gasteiger partial charge in [0.15, 0.2) is 6.29 Å². The topological polar surface area (TPSA) is 80.3 Å². The van der Waals surface area contributed by atoms with E-state index in [1.165, 1.54) is 11.1 Å². The van der Waals surface area contributed by atoms with E-state index in [0.717, 1.165) is 74.5 Å². The van der Waals surface area contributed by atoms with E-state index in [4.69, 9.17) is 25.8 Å². The predicted octanol–water partition coefficient (Wildman–Crippen LogP) is 6.82. The molecule has 47 heavy (non-hydrogen) atoms. The Balaban J connectivity index is 1.36. The highest BCUT2D eigenvalue weighted by molar-refractivity contribution is 7.83. The van der Waals surface area contributed by atoms with Crippen LogP contribution in [0.25, 0.3) is 0 Å². The molecule has 0 spiro atoms. The van der Waals surface area contributed by atoms with Crippen molar-refractivity contribution in [1.29, 1.82) is 0 Å². The van der Waals surface area contributed by atoms with E-state index in [0.29, 0.717) is 49.0 Å². The zero-order valence-electron chi connectivity index (χ0n) is 28.8. The summed E-state index contributed by atoms with van der Waals surface area (Å²) >= 11 is 6.44. The quantitative estimate of drug-likeness (QED) is 0.233. The number of aryl methyl sites for hydroxylation is 1. The van der Waals surface area contributed by atoms with E-state index in [-0.39, 0.29) is 24.0 Å². The molecule has 2 fully saturated rings. The number of ether oxygens (including phenoxy) is 3. The van der Waals surface area contributed by atoms with Gasteiger partial charge in [0.25, 0.3) is 5.91 Å². The van der Waals surface area contributed by atoms with Gasteiger partial charge < -0.3 is 24.0 Å². The molecule has 260 valence electrons. The van der Waals surface area contributed by atoms with Crippen LogP contribution in [-0.4, -0.2) is 80.1 Å². The van der Waals surface area contributed by atoms with Crippen LogP contribution in [0.4, 0.5) is 5.69 Å². The monoisotopic (exact) mass is 687 g/mol. The smallest absolute Gasteiger partial charge is 0.263 e. The molecule has 2 heterocycles. The highest BCUT2D eigenvalue weighted by atomic mass is 35.5. The molecule has 1 aliphatic carbocycles. The third-order valence-corrected chi connectivity index (χ3v) is 11.7. The number of rotatable bonds is 14. The Morgan fingerprint density at radius 1 is 1.06 bits per heavy atom. The van der Waals surface area contributed by atoms with Crippen LogP contribution in [0, 0.1) is 17.8 Å². The second-order valence-electron chi connectivity index (χ2n) is 14.1. The van der Waals surface area contributed by atoms with Crippen molar-refractivity contribution in [2.24, 2.45) is 17.8 Å². The average Bonchev–Trinajstić information content (AvgIpc) is 3.21. The van der Waals surface area contributed by atoms with Crippen LogP contribution in [0.15, 0.2) is 36.4 Å². The Hall–Kier alpha value is -2.17. The Morgan fingerprint density at radius 3 is 2.51 bits per heavy atom. The number of benzene rings is 2. The maximum Gasteiger partial charge on any atom is 0.263 e. The van der Waals surface area contributed by atoms with Gasteiger partial charge in [0.1, 0.15) is 16.7 Å². The van der Waals surface area contributed by atoms with Gasteiger partial charge in [-0.25, -0.2) is 4.21 Å². The SMILES string of the molecule is CCCc1cc(Cl)ccc1C1COc2ccc(C(=O)NS(=O)CC(C)CCC)cc2N(CC2CCC2CC2OCC(N(C)C)CO2)C1. The Kier molecular flexibility index (Phi) is 13.0. The molecule has 5 rings (SSSR count). The number of hydrogen-bond acceptors (Lipinski definition) is 7. The van der Waals surface area contributed by atoms with Crippen LogP contribution in [0.5, 0.6) is 5.75 Å². The lowest BCUT2D eigenvalue weighted by Gasteiger charge is -2.43. The van der Waals surface area contributed by atoms with Gasteiger partial charge in [-0.2, -0.15) is 0 Å². The highest BCUT2D eigenvalue weighted by Crippen LogP contribution is 2.43. The van der Waals surface area contributed by atoms with Gasteiger partial charge in [-0.15, -0.1) is 0 Å². The van der Waals surface area contributed by atoms with E-state index >= 15 is 0 Å². The number of halogens is 1. The molecule has 3 aliphatic rings. The van der Waals surface area contributed by atoms with E-state index in [1.54, 1.807) is 6.07 Å². The molecule has 1 amide bonds. The second-order valence-corrected chi connectivity index (χ2v) is 15.7. The number of fused-ring (bicyclic) bond motifs is 1. The van der Waals surface area contributed by atoms with E-state index in [1.807, 2.05) is 18.2 Å². The third-order valence-electron chi connectivity index (χ3n) is 10.1. The van der Waals surface area contributed by atoms with Gasteiger partial charge >= 0.3 is 0 Å². The van der Waals surface area contributed by atoms with Crippen molar-refractivity contribution in [2.75, 3.05) is 57.7 Å². The van der Waals surface area contributed by atoms with Crippen LogP contribution < -0.4 is 14.4 Å². The van der Waals surface area contributed by atoms with E-state index in [2.05, 4.69) is 61.5 Å². The van der Waals surface area contributed by atoms with Gasteiger partial charge in [0.05, 0.1) is 31.5 Å². The summed E-state index contributed by atoms with van der Waals surface area (Å²) < 4.78 is 34.3. The van der Waals surface area contributed by atoms with E-state index in [9.17, 15) is 9.00 Å². The standard InChI is InChI=1S/C37H54ClN3O5S/c1-6-8-25(3)24-47(43)39-37(42)28-12-15-35-34(17-28)41(20-30(21-44-35)33-14-13-31(38)16-27(33)9-7-2)19-29-11-10-26(29)18-36-45-22-32(23-46-36)40(4)5/h12-17,25-26,29-30,32,36H,6-11,18-24H2,1-5H3,(H,39,42). The predicted molar refractivity (Wildman–Crippen MR) is 191 cm³/mol. The Morgan fingerprint density at radius 2 is 1.83 bits per heavy atom. The number of anilines is 1. The maximum absolute atomic E-state index is 13.3. The van der Waals surface area contributed by atoms with Gasteiger partial charge in [-0.1, -0.05) is 57.7 Å². The van der Waals surface area contributed by atoms with Gasteiger partial charge in [-0.05, 0) is 92.6 Å². The fraction of sp³-hybridized carbons (Fsp3) is 0.649. The Bertz CT molecular complexity index is 1370. The molecular formula is C37H54ClN3O5S. The molecule has 10 heteroatoms. The summed E-state index contributed by atoms with van der Waals surface area (Å²) in [6.07, 6.45) is 7.05. The number of likely N-dealkylation sites (N-methyl/N-ethyl adjacent to an activating group) is 1. The first-order valence-corrected chi connectivity index (χ1v) is 19.2. The normalized spacial score (nSPS) is 25.7. The lowest BCUT2D eigenvalue weighted by Crippen LogP contribution is -2.46. The molecule has 2 aromatic rings. The molecule has 8 nitrogen and oxygen atoms in total. The van der Waals surface area contributed by atoms with Crippen molar-refractivity contribution < 1.29 is 23.2 Å². The number of carbonyl (C=O) groups is 1. The molecule has 2 aromatic carbocycles. The molecule has 1 saturated heterocycles. The summed E-state index contributed by atoms with van der Waals surface area (Å²) in [7, 11) is 2.70. The zero-order valence-corrected chi connectivity index (χ0v) is 30.4. The van der Waals surface area contributed by atoms with Crippen LogP contribution in [0.2, 0.25) is 5.02 Å². The lowest BCUT2D eigenvalue weighted by atomic mass is 9.71. The molecule has 5 atom stereocenters. The van der Waals surface area contributed by atoms with Crippen LogP contribution >= 0.6 is 11.6 Å². The summed E-state index contributed by atoms with van der Waals surface area (Å²) in [6.45, 7) is 9.94. The highest BCUT2D eigenvalue weighted by Gasteiger charge is 2.38. The number of nitrogens with one attached hydrogen (secondary N) is 1. The molecule has 0 radical (unpaired) electrons. The molecule has 5 unspecified atom stereocenters. The first-order valence-electron chi connectivity index (χ1n) is 17.5. The second kappa shape index (κ2) is 17.0. The molecule has 0 bridgehead atoms. The van der Waals surface area contributed by atoms with Crippen molar-refractivity contribution in [3.05, 3.63) is 58.1 Å². The van der Waals surface area contributed by atoms with Crippen molar-refractivity contribution in [3.63, 3.8) is 0 Å². The van der Waals surface area contributed by atoms with Crippen LogP contribution in [-0.2, 0) is 26.9 Å². The van der Waals surface area contributed by atoms with Gasteiger partial charge in [0, 0.05) is 41.8 Å². The molecule has 0 aromatic heterocycles. The minimum absolute atomic E-state index is 0.137. The summed E-state index contributed by atoms with van der Waals surface area (Å²) in [5.41, 5.74) is 3.95.